The summed E-state index contributed by atoms with van der Waals surface area (Å²) in [6, 6.07) is 3.68. The number of nitrogen functional groups attached to an aromatic ring is 1. The lowest BCUT2D eigenvalue weighted by molar-refractivity contribution is 0.569. The van der Waals surface area contributed by atoms with Crippen LogP contribution in [0.15, 0.2) is 18.3 Å². The molecular weight excluding hydrogens is 200 g/mol. The predicted molar refractivity (Wildman–Crippen MR) is 65.9 cm³/mol. The van der Waals surface area contributed by atoms with Crippen LogP contribution in [-0.2, 0) is 0 Å². The lowest BCUT2D eigenvalue weighted by Crippen LogP contribution is -2.21. The monoisotopic (exact) mass is 218 g/mol. The molecule has 3 N–H and O–H groups in total. The van der Waals surface area contributed by atoms with Gasteiger partial charge in [-0.2, -0.15) is 0 Å². The Morgan fingerprint density at radius 2 is 2.50 bits per heavy atom. The van der Waals surface area contributed by atoms with E-state index in [-0.39, 0.29) is 5.84 Å². The average Bonchev–Trinajstić information content (AvgIpc) is 2.77. The molecule has 1 aliphatic heterocycles. The van der Waals surface area contributed by atoms with Crippen LogP contribution in [0.5, 0.6) is 0 Å². The minimum absolute atomic E-state index is 0.106. The molecule has 1 unspecified atom stereocenters. The molecule has 1 aliphatic rings. The first-order valence-corrected chi connectivity index (χ1v) is 5.76. The lowest BCUT2D eigenvalue weighted by Gasteiger charge is -2.17. The molecule has 0 aliphatic carbocycles. The van der Waals surface area contributed by atoms with E-state index in [9.17, 15) is 0 Å². The Kier molecular flexibility index (Phi) is 3.08. The molecular formula is C12H18N4. The maximum absolute atomic E-state index is 7.41. The molecule has 1 aromatic rings. The Morgan fingerprint density at radius 1 is 1.69 bits per heavy atom. The predicted octanol–water partition coefficient (Wildman–Crippen LogP) is 1.60. The topological polar surface area (TPSA) is 66.0 Å². The zero-order valence-electron chi connectivity index (χ0n) is 9.61. The number of pyridine rings is 1. The smallest absolute Gasteiger partial charge is 0.129 e. The van der Waals surface area contributed by atoms with Gasteiger partial charge in [0.15, 0.2) is 0 Å². The van der Waals surface area contributed by atoms with Crippen molar-refractivity contribution in [2.45, 2.75) is 19.8 Å². The van der Waals surface area contributed by atoms with Gasteiger partial charge in [0, 0.05) is 24.8 Å². The number of hydrogen-bond donors (Lipinski definition) is 2. The SMILES string of the molecule is CCC1CCN(c2cc(C(=N)N)ccn2)C1. The van der Waals surface area contributed by atoms with Gasteiger partial charge in [-0.1, -0.05) is 13.3 Å². The fourth-order valence-electron chi connectivity index (χ4n) is 2.13. The van der Waals surface area contributed by atoms with Gasteiger partial charge in [-0.3, -0.25) is 5.41 Å². The third kappa shape index (κ3) is 2.15. The normalized spacial score (nSPS) is 20.1. The van der Waals surface area contributed by atoms with Crippen LogP contribution in [0.1, 0.15) is 25.3 Å². The summed E-state index contributed by atoms with van der Waals surface area (Å²) in [5.74, 6) is 1.83. The highest BCUT2D eigenvalue weighted by Crippen LogP contribution is 2.24. The van der Waals surface area contributed by atoms with Gasteiger partial charge in [0.1, 0.15) is 11.7 Å². The quantitative estimate of drug-likeness (QED) is 0.598. The summed E-state index contributed by atoms with van der Waals surface area (Å²) in [5.41, 5.74) is 6.23. The van der Waals surface area contributed by atoms with Crippen LogP contribution in [0.2, 0.25) is 0 Å². The van der Waals surface area contributed by atoms with Gasteiger partial charge in [0.2, 0.25) is 0 Å². The van der Waals surface area contributed by atoms with E-state index in [0.717, 1.165) is 30.4 Å². The molecule has 0 saturated carbocycles. The van der Waals surface area contributed by atoms with Crippen molar-refractivity contribution in [3.8, 4) is 0 Å². The molecule has 16 heavy (non-hydrogen) atoms. The standard InChI is InChI=1S/C12H18N4/c1-2-9-4-6-16(8-9)11-7-10(12(13)14)3-5-15-11/h3,5,7,9H,2,4,6,8H2,1H3,(H3,13,14). The van der Waals surface area contributed by atoms with Gasteiger partial charge in [-0.15, -0.1) is 0 Å². The van der Waals surface area contributed by atoms with Crippen LogP contribution in [-0.4, -0.2) is 23.9 Å². The molecule has 0 aromatic carbocycles. The fourth-order valence-corrected chi connectivity index (χ4v) is 2.13. The number of aromatic nitrogens is 1. The van der Waals surface area contributed by atoms with Gasteiger partial charge in [-0.05, 0) is 24.5 Å². The zero-order valence-corrected chi connectivity index (χ0v) is 9.61. The molecule has 0 bridgehead atoms. The van der Waals surface area contributed by atoms with Crippen molar-refractivity contribution in [1.29, 1.82) is 5.41 Å². The molecule has 0 spiro atoms. The van der Waals surface area contributed by atoms with Crippen LogP contribution in [0.3, 0.4) is 0 Å². The van der Waals surface area contributed by atoms with E-state index >= 15 is 0 Å². The molecule has 4 nitrogen and oxygen atoms in total. The molecule has 0 radical (unpaired) electrons. The highest BCUT2D eigenvalue weighted by atomic mass is 15.2. The van der Waals surface area contributed by atoms with Crippen LogP contribution in [0.25, 0.3) is 0 Å². The Hall–Kier alpha value is -1.58. The van der Waals surface area contributed by atoms with Gasteiger partial charge in [-0.25, -0.2) is 4.98 Å². The van der Waals surface area contributed by atoms with Crippen molar-refractivity contribution >= 4 is 11.7 Å². The number of nitrogens with zero attached hydrogens (tertiary/aromatic N) is 2. The second-order valence-electron chi connectivity index (χ2n) is 4.33. The van der Waals surface area contributed by atoms with Gasteiger partial charge in [0.05, 0.1) is 0 Å². The minimum Gasteiger partial charge on any atom is -0.384 e. The number of hydrogen-bond acceptors (Lipinski definition) is 3. The van der Waals surface area contributed by atoms with Crippen molar-refractivity contribution in [3.63, 3.8) is 0 Å². The first-order valence-electron chi connectivity index (χ1n) is 5.76. The second kappa shape index (κ2) is 4.51. The Bertz CT molecular complexity index is 388. The molecule has 86 valence electrons. The first kappa shape index (κ1) is 10.9. The van der Waals surface area contributed by atoms with Gasteiger partial charge in [0.25, 0.3) is 0 Å². The summed E-state index contributed by atoms with van der Waals surface area (Å²) in [4.78, 5) is 6.62. The van der Waals surface area contributed by atoms with Crippen LogP contribution < -0.4 is 10.6 Å². The second-order valence-corrected chi connectivity index (χ2v) is 4.33. The van der Waals surface area contributed by atoms with E-state index in [0.29, 0.717) is 0 Å². The molecule has 2 rings (SSSR count). The molecule has 2 heterocycles. The Balaban J connectivity index is 2.15. The summed E-state index contributed by atoms with van der Waals surface area (Å²) in [5, 5.41) is 7.41. The maximum atomic E-state index is 7.41. The summed E-state index contributed by atoms with van der Waals surface area (Å²) in [7, 11) is 0. The number of nitrogens with one attached hydrogen (secondary N) is 1. The number of anilines is 1. The van der Waals surface area contributed by atoms with E-state index in [1.807, 2.05) is 6.07 Å². The van der Waals surface area contributed by atoms with E-state index < -0.39 is 0 Å². The molecule has 4 heteroatoms. The first-order chi connectivity index (χ1) is 7.70. The highest BCUT2D eigenvalue weighted by Gasteiger charge is 2.22. The Morgan fingerprint density at radius 3 is 3.12 bits per heavy atom. The summed E-state index contributed by atoms with van der Waals surface area (Å²) in [6.07, 6.45) is 4.19. The maximum Gasteiger partial charge on any atom is 0.129 e. The molecule has 1 fully saturated rings. The fraction of sp³-hybridized carbons (Fsp3) is 0.500. The van der Waals surface area contributed by atoms with Crippen LogP contribution >= 0.6 is 0 Å². The lowest BCUT2D eigenvalue weighted by atomic mass is 10.1. The summed E-state index contributed by atoms with van der Waals surface area (Å²) < 4.78 is 0. The molecule has 0 amide bonds. The van der Waals surface area contributed by atoms with E-state index in [1.54, 1.807) is 12.3 Å². The van der Waals surface area contributed by atoms with E-state index in [2.05, 4.69) is 16.8 Å². The van der Waals surface area contributed by atoms with Crippen LogP contribution in [0, 0.1) is 11.3 Å². The van der Waals surface area contributed by atoms with Crippen molar-refractivity contribution in [2.75, 3.05) is 18.0 Å². The van der Waals surface area contributed by atoms with E-state index in [4.69, 9.17) is 11.1 Å². The number of rotatable bonds is 3. The summed E-state index contributed by atoms with van der Waals surface area (Å²) in [6.45, 7) is 4.37. The minimum atomic E-state index is 0.106. The van der Waals surface area contributed by atoms with Crippen molar-refractivity contribution < 1.29 is 0 Å². The van der Waals surface area contributed by atoms with Gasteiger partial charge < -0.3 is 10.6 Å². The van der Waals surface area contributed by atoms with E-state index in [1.165, 1.54) is 12.8 Å². The van der Waals surface area contributed by atoms with Crippen molar-refractivity contribution in [2.24, 2.45) is 11.7 Å². The average molecular weight is 218 g/mol. The zero-order chi connectivity index (χ0) is 11.5. The molecule has 1 atom stereocenters. The third-order valence-corrected chi connectivity index (χ3v) is 3.24. The molecule has 1 aromatic heterocycles. The van der Waals surface area contributed by atoms with Crippen molar-refractivity contribution in [3.05, 3.63) is 23.9 Å². The largest absolute Gasteiger partial charge is 0.384 e. The van der Waals surface area contributed by atoms with Gasteiger partial charge >= 0.3 is 0 Å². The third-order valence-electron chi connectivity index (χ3n) is 3.24. The van der Waals surface area contributed by atoms with Crippen molar-refractivity contribution in [1.82, 2.24) is 4.98 Å². The molecule has 1 saturated heterocycles. The summed E-state index contributed by atoms with van der Waals surface area (Å²) >= 11 is 0. The number of nitrogens with two attached hydrogens (primary N) is 1. The highest BCUT2D eigenvalue weighted by molar-refractivity contribution is 5.95. The van der Waals surface area contributed by atoms with Crippen LogP contribution in [0.4, 0.5) is 5.82 Å². The number of amidine groups is 1. The Labute approximate surface area is 96.0 Å².